The van der Waals surface area contributed by atoms with Crippen molar-refractivity contribution in [1.29, 1.82) is 0 Å². The van der Waals surface area contributed by atoms with Gasteiger partial charge in [-0.1, -0.05) is 18.3 Å². The highest BCUT2D eigenvalue weighted by molar-refractivity contribution is 7.80. The van der Waals surface area contributed by atoms with Crippen LogP contribution in [0.15, 0.2) is 24.3 Å². The molecule has 0 saturated heterocycles. The van der Waals surface area contributed by atoms with Crippen LogP contribution in [0.25, 0.3) is 0 Å². The maximum absolute atomic E-state index is 13.7. The van der Waals surface area contributed by atoms with E-state index in [1.54, 1.807) is 12.1 Å². The molecule has 0 spiro atoms. The van der Waals surface area contributed by atoms with Crippen molar-refractivity contribution in [2.24, 2.45) is 5.73 Å². The Hall–Kier alpha value is -1.95. The van der Waals surface area contributed by atoms with Crippen LogP contribution < -0.4 is 10.5 Å². The summed E-state index contributed by atoms with van der Waals surface area (Å²) in [5.41, 5.74) is 7.51. The number of thiocarbonyl (C=S) groups is 1. The van der Waals surface area contributed by atoms with Gasteiger partial charge < -0.3 is 10.5 Å². The largest absolute Gasteiger partial charge is 0.486 e. The molecule has 1 aromatic heterocycles. The second-order valence-corrected chi connectivity index (χ2v) is 4.80. The van der Waals surface area contributed by atoms with E-state index in [9.17, 15) is 4.39 Å². The Morgan fingerprint density at radius 3 is 2.90 bits per heavy atom. The van der Waals surface area contributed by atoms with Crippen molar-refractivity contribution >= 4 is 17.2 Å². The SMILES string of the molecule is CCn1nc(C)cc1COc1cccc(F)c1C(N)=S. The van der Waals surface area contributed by atoms with Crippen LogP contribution in [-0.2, 0) is 13.2 Å². The molecule has 2 N–H and O–H groups in total. The summed E-state index contributed by atoms with van der Waals surface area (Å²) in [4.78, 5) is -0.0155. The Bertz CT molecular complexity index is 639. The molecular weight excluding hydrogens is 277 g/mol. The van der Waals surface area contributed by atoms with E-state index in [0.29, 0.717) is 5.75 Å². The molecule has 4 nitrogen and oxygen atoms in total. The van der Waals surface area contributed by atoms with E-state index in [1.807, 2.05) is 24.6 Å². The molecular formula is C14H16FN3OS. The van der Waals surface area contributed by atoms with Gasteiger partial charge in [-0.15, -0.1) is 0 Å². The van der Waals surface area contributed by atoms with Crippen molar-refractivity contribution in [1.82, 2.24) is 9.78 Å². The van der Waals surface area contributed by atoms with E-state index < -0.39 is 5.82 Å². The maximum Gasteiger partial charge on any atom is 0.137 e. The van der Waals surface area contributed by atoms with Crippen LogP contribution in [0.5, 0.6) is 5.75 Å². The molecule has 0 bridgehead atoms. The van der Waals surface area contributed by atoms with E-state index in [1.165, 1.54) is 6.07 Å². The van der Waals surface area contributed by atoms with Crippen LogP contribution in [-0.4, -0.2) is 14.8 Å². The number of aryl methyl sites for hydroxylation is 2. The standard InChI is InChI=1S/C14H16FN3OS/c1-3-18-10(7-9(2)17-18)8-19-12-6-4-5-11(15)13(12)14(16)20/h4-7H,3,8H2,1-2H3,(H2,16,20). The molecule has 0 radical (unpaired) electrons. The van der Waals surface area contributed by atoms with E-state index in [4.69, 9.17) is 22.7 Å². The minimum atomic E-state index is -0.477. The van der Waals surface area contributed by atoms with Crippen molar-refractivity contribution < 1.29 is 9.13 Å². The molecule has 2 aromatic rings. The third kappa shape index (κ3) is 2.96. The first-order chi connectivity index (χ1) is 9.52. The molecule has 106 valence electrons. The zero-order valence-corrected chi connectivity index (χ0v) is 12.2. The fraction of sp³-hybridized carbons (Fsp3) is 0.286. The van der Waals surface area contributed by atoms with Crippen LogP contribution in [0.1, 0.15) is 23.9 Å². The number of benzene rings is 1. The number of nitrogens with zero attached hydrogens (tertiary/aromatic N) is 2. The summed E-state index contributed by atoms with van der Waals surface area (Å²) in [6, 6.07) is 6.46. The maximum atomic E-state index is 13.7. The highest BCUT2D eigenvalue weighted by Gasteiger charge is 2.13. The molecule has 0 aliphatic heterocycles. The van der Waals surface area contributed by atoms with E-state index in [2.05, 4.69) is 5.10 Å². The van der Waals surface area contributed by atoms with Gasteiger partial charge in [0, 0.05) is 6.54 Å². The number of rotatable bonds is 5. The quantitative estimate of drug-likeness (QED) is 0.861. The summed E-state index contributed by atoms with van der Waals surface area (Å²) in [6.45, 7) is 4.95. The number of hydrogen-bond donors (Lipinski definition) is 1. The van der Waals surface area contributed by atoms with Crippen molar-refractivity contribution in [2.75, 3.05) is 0 Å². The third-order valence-corrected chi connectivity index (χ3v) is 3.09. The van der Waals surface area contributed by atoms with E-state index in [-0.39, 0.29) is 17.2 Å². The molecule has 1 heterocycles. The minimum Gasteiger partial charge on any atom is -0.486 e. The smallest absolute Gasteiger partial charge is 0.137 e. The monoisotopic (exact) mass is 293 g/mol. The molecule has 0 saturated carbocycles. The number of aromatic nitrogens is 2. The van der Waals surface area contributed by atoms with Crippen molar-refractivity contribution in [3.05, 3.63) is 47.0 Å². The van der Waals surface area contributed by atoms with Gasteiger partial charge in [0.15, 0.2) is 0 Å². The molecule has 2 rings (SSSR count). The first kappa shape index (κ1) is 14.5. The summed E-state index contributed by atoms with van der Waals surface area (Å²) in [5, 5.41) is 4.33. The molecule has 6 heteroatoms. The van der Waals surface area contributed by atoms with Gasteiger partial charge in [0.25, 0.3) is 0 Å². The predicted octanol–water partition coefficient (Wildman–Crippen LogP) is 2.56. The van der Waals surface area contributed by atoms with Crippen LogP contribution in [0, 0.1) is 12.7 Å². The summed E-state index contributed by atoms with van der Waals surface area (Å²) >= 11 is 4.86. The van der Waals surface area contributed by atoms with Crippen molar-refractivity contribution in [3.8, 4) is 5.75 Å². The molecule has 0 amide bonds. The topological polar surface area (TPSA) is 53.1 Å². The van der Waals surface area contributed by atoms with Crippen molar-refractivity contribution in [3.63, 3.8) is 0 Å². The number of ether oxygens (including phenoxy) is 1. The molecule has 0 atom stereocenters. The van der Waals surface area contributed by atoms with Crippen LogP contribution in [0.3, 0.4) is 0 Å². The Kier molecular flexibility index (Phi) is 4.34. The van der Waals surface area contributed by atoms with E-state index >= 15 is 0 Å². The van der Waals surface area contributed by atoms with Gasteiger partial charge in [-0.3, -0.25) is 4.68 Å². The lowest BCUT2D eigenvalue weighted by Gasteiger charge is -2.11. The number of halogens is 1. The summed E-state index contributed by atoms with van der Waals surface area (Å²) in [6.07, 6.45) is 0. The highest BCUT2D eigenvalue weighted by Crippen LogP contribution is 2.22. The predicted molar refractivity (Wildman–Crippen MR) is 79.3 cm³/mol. The average molecular weight is 293 g/mol. The van der Waals surface area contributed by atoms with Crippen LogP contribution in [0.2, 0.25) is 0 Å². The normalized spacial score (nSPS) is 10.6. The van der Waals surface area contributed by atoms with Gasteiger partial charge in [0.2, 0.25) is 0 Å². The summed E-state index contributed by atoms with van der Waals surface area (Å²) in [7, 11) is 0. The zero-order valence-electron chi connectivity index (χ0n) is 11.4. The molecule has 0 unspecified atom stereocenters. The fourth-order valence-corrected chi connectivity index (χ4v) is 2.20. The Labute approximate surface area is 122 Å². The first-order valence-corrected chi connectivity index (χ1v) is 6.68. The molecule has 0 aliphatic carbocycles. The second kappa shape index (κ2) is 6.00. The fourth-order valence-electron chi connectivity index (χ4n) is 2.00. The Balaban J connectivity index is 2.23. The van der Waals surface area contributed by atoms with Gasteiger partial charge in [-0.05, 0) is 32.0 Å². The molecule has 0 fully saturated rings. The van der Waals surface area contributed by atoms with Gasteiger partial charge >= 0.3 is 0 Å². The van der Waals surface area contributed by atoms with Crippen LogP contribution >= 0.6 is 12.2 Å². The summed E-state index contributed by atoms with van der Waals surface area (Å²) < 4.78 is 21.2. The Morgan fingerprint density at radius 2 is 2.25 bits per heavy atom. The minimum absolute atomic E-state index is 0.0155. The molecule has 20 heavy (non-hydrogen) atoms. The Morgan fingerprint density at radius 1 is 1.50 bits per heavy atom. The number of hydrogen-bond acceptors (Lipinski definition) is 3. The van der Waals surface area contributed by atoms with Crippen LogP contribution in [0.4, 0.5) is 4.39 Å². The highest BCUT2D eigenvalue weighted by atomic mass is 32.1. The first-order valence-electron chi connectivity index (χ1n) is 6.27. The second-order valence-electron chi connectivity index (χ2n) is 4.36. The van der Waals surface area contributed by atoms with Gasteiger partial charge in [0.1, 0.15) is 23.2 Å². The van der Waals surface area contributed by atoms with Gasteiger partial charge in [-0.25, -0.2) is 4.39 Å². The molecule has 0 aliphatic rings. The van der Waals surface area contributed by atoms with E-state index in [0.717, 1.165) is 17.9 Å². The van der Waals surface area contributed by atoms with Gasteiger partial charge in [0.05, 0.1) is 17.0 Å². The number of nitrogens with two attached hydrogens (primary N) is 1. The third-order valence-electron chi connectivity index (χ3n) is 2.88. The zero-order chi connectivity index (χ0) is 14.7. The lowest BCUT2D eigenvalue weighted by Crippen LogP contribution is -2.14. The van der Waals surface area contributed by atoms with Gasteiger partial charge in [-0.2, -0.15) is 5.10 Å². The summed E-state index contributed by atoms with van der Waals surface area (Å²) in [5.74, 6) is -0.130. The van der Waals surface area contributed by atoms with Crippen molar-refractivity contribution in [2.45, 2.75) is 27.0 Å². The average Bonchev–Trinajstić information content (AvgIpc) is 2.76. The molecule has 1 aromatic carbocycles. The lowest BCUT2D eigenvalue weighted by molar-refractivity contribution is 0.290. The lowest BCUT2D eigenvalue weighted by atomic mass is 10.2.